The van der Waals surface area contributed by atoms with Crippen LogP contribution in [-0.2, 0) is 9.53 Å². The molecule has 0 aliphatic rings. The van der Waals surface area contributed by atoms with Crippen LogP contribution in [-0.4, -0.2) is 29.1 Å². The van der Waals surface area contributed by atoms with Gasteiger partial charge in [-0.1, -0.05) is 0 Å². The Labute approximate surface area is 116 Å². The minimum atomic E-state index is -1.19. The van der Waals surface area contributed by atoms with Crippen molar-refractivity contribution in [2.24, 2.45) is 5.73 Å². The molecule has 0 radical (unpaired) electrons. The number of hydrogen-bond acceptors (Lipinski definition) is 5. The number of nitrogens with one attached hydrogen (secondary N) is 1. The second-order valence-electron chi connectivity index (χ2n) is 3.57. The first-order chi connectivity index (χ1) is 8.81. The first-order valence-electron chi connectivity index (χ1n) is 5.11. The van der Waals surface area contributed by atoms with Crippen molar-refractivity contribution in [3.8, 4) is 5.75 Å². The molecule has 0 bridgehead atoms. The monoisotopic (exact) mass is 330 g/mol. The van der Waals surface area contributed by atoms with E-state index in [0.29, 0.717) is 4.47 Å². The lowest BCUT2D eigenvalue weighted by atomic mass is 10.2. The molecule has 1 rings (SSSR count). The normalized spacial score (nSPS) is 11.5. The van der Waals surface area contributed by atoms with Gasteiger partial charge in [0.05, 0.1) is 10.0 Å². The molecule has 0 aliphatic heterocycles. The number of benzene rings is 1. The van der Waals surface area contributed by atoms with E-state index >= 15 is 0 Å². The maximum atomic E-state index is 11.7. The highest BCUT2D eigenvalue weighted by atomic mass is 79.9. The van der Waals surface area contributed by atoms with E-state index in [2.05, 4.69) is 15.9 Å². The average Bonchev–Trinajstić information content (AvgIpc) is 2.31. The number of halogens is 1. The van der Waals surface area contributed by atoms with E-state index in [1.54, 1.807) is 5.32 Å². The Balaban J connectivity index is 2.71. The Morgan fingerprint density at radius 1 is 1.42 bits per heavy atom. The van der Waals surface area contributed by atoms with Crippen LogP contribution >= 0.6 is 15.9 Å². The summed E-state index contributed by atoms with van der Waals surface area (Å²) in [7, 11) is 0. The maximum absolute atomic E-state index is 11.7. The average molecular weight is 331 g/mol. The van der Waals surface area contributed by atoms with Crippen molar-refractivity contribution < 1.29 is 24.2 Å². The molecule has 19 heavy (non-hydrogen) atoms. The minimum Gasteiger partial charge on any atom is -0.507 e. The van der Waals surface area contributed by atoms with Crippen molar-refractivity contribution in [2.75, 3.05) is 0 Å². The molecule has 1 aromatic rings. The highest BCUT2D eigenvalue weighted by Crippen LogP contribution is 2.24. The van der Waals surface area contributed by atoms with Gasteiger partial charge in [0.25, 0.3) is 5.91 Å². The number of hydrogen-bond donors (Lipinski definition) is 3. The van der Waals surface area contributed by atoms with Crippen LogP contribution < -0.4 is 11.1 Å². The largest absolute Gasteiger partial charge is 0.507 e. The highest BCUT2D eigenvalue weighted by Gasteiger charge is 2.20. The molecular weight excluding hydrogens is 320 g/mol. The van der Waals surface area contributed by atoms with Crippen molar-refractivity contribution in [3.05, 3.63) is 28.2 Å². The summed E-state index contributed by atoms with van der Waals surface area (Å²) in [4.78, 5) is 33.4. The number of esters is 1. The number of urea groups is 1. The summed E-state index contributed by atoms with van der Waals surface area (Å²) in [5.41, 5.74) is 4.83. The van der Waals surface area contributed by atoms with Gasteiger partial charge >= 0.3 is 12.0 Å². The minimum absolute atomic E-state index is 0.0689. The summed E-state index contributed by atoms with van der Waals surface area (Å²) in [5, 5.41) is 11.2. The molecule has 102 valence electrons. The Bertz CT molecular complexity index is 532. The molecule has 8 heteroatoms. The molecule has 0 spiro atoms. The van der Waals surface area contributed by atoms with Crippen LogP contribution in [0.3, 0.4) is 0 Å². The predicted octanol–water partition coefficient (Wildman–Crippen LogP) is 0.895. The topological polar surface area (TPSA) is 119 Å². The van der Waals surface area contributed by atoms with Crippen LogP contribution in [0.1, 0.15) is 17.3 Å². The summed E-state index contributed by atoms with van der Waals surface area (Å²) in [6.07, 6.45) is -1.19. The molecule has 0 fully saturated rings. The Morgan fingerprint density at radius 3 is 2.58 bits per heavy atom. The number of primary amides is 1. The van der Waals surface area contributed by atoms with E-state index < -0.39 is 24.0 Å². The van der Waals surface area contributed by atoms with Crippen molar-refractivity contribution in [2.45, 2.75) is 13.0 Å². The van der Waals surface area contributed by atoms with Gasteiger partial charge in [-0.3, -0.25) is 10.1 Å². The molecule has 1 aromatic carbocycles. The fourth-order valence-corrected chi connectivity index (χ4v) is 1.39. The Morgan fingerprint density at radius 2 is 2.05 bits per heavy atom. The number of aromatic hydroxyl groups is 1. The number of phenolic OH excluding ortho intramolecular Hbond substituents is 1. The molecule has 0 heterocycles. The maximum Gasteiger partial charge on any atom is 0.339 e. The summed E-state index contributed by atoms with van der Waals surface area (Å²) >= 11 is 3.06. The van der Waals surface area contributed by atoms with Crippen LogP contribution in [0.15, 0.2) is 22.7 Å². The van der Waals surface area contributed by atoms with Crippen LogP contribution in [0.2, 0.25) is 0 Å². The van der Waals surface area contributed by atoms with Crippen LogP contribution in [0, 0.1) is 0 Å². The van der Waals surface area contributed by atoms with Crippen molar-refractivity contribution in [1.82, 2.24) is 5.32 Å². The smallest absolute Gasteiger partial charge is 0.339 e. The number of phenols is 1. The number of carbonyl (C=O) groups is 3. The molecular formula is C11H11BrN2O5. The molecule has 3 amide bonds. The quantitative estimate of drug-likeness (QED) is 0.711. The van der Waals surface area contributed by atoms with Gasteiger partial charge in [-0.05, 0) is 41.1 Å². The van der Waals surface area contributed by atoms with Gasteiger partial charge in [-0.2, -0.15) is 0 Å². The number of imide groups is 1. The number of rotatable bonds is 3. The zero-order valence-corrected chi connectivity index (χ0v) is 11.4. The number of amides is 3. The second-order valence-corrected chi connectivity index (χ2v) is 4.42. The van der Waals surface area contributed by atoms with Crippen molar-refractivity contribution in [3.63, 3.8) is 0 Å². The summed E-state index contributed by atoms with van der Waals surface area (Å²) in [6.45, 7) is 1.29. The number of carbonyl (C=O) groups excluding carboxylic acids is 3. The van der Waals surface area contributed by atoms with E-state index in [9.17, 15) is 19.5 Å². The van der Waals surface area contributed by atoms with Gasteiger partial charge in [0.1, 0.15) is 5.75 Å². The third kappa shape index (κ3) is 4.25. The molecule has 0 aromatic heterocycles. The lowest BCUT2D eigenvalue weighted by molar-refractivity contribution is -0.127. The fraction of sp³-hybridized carbons (Fsp3) is 0.182. The first-order valence-corrected chi connectivity index (χ1v) is 5.90. The predicted molar refractivity (Wildman–Crippen MR) is 68.4 cm³/mol. The van der Waals surface area contributed by atoms with Crippen LogP contribution in [0.5, 0.6) is 5.75 Å². The molecule has 0 aliphatic carbocycles. The zero-order valence-electron chi connectivity index (χ0n) is 9.84. The van der Waals surface area contributed by atoms with Gasteiger partial charge in [-0.25, -0.2) is 9.59 Å². The Hall–Kier alpha value is -2.09. The van der Waals surface area contributed by atoms with Crippen LogP contribution in [0.25, 0.3) is 0 Å². The van der Waals surface area contributed by atoms with Gasteiger partial charge < -0.3 is 15.6 Å². The zero-order chi connectivity index (χ0) is 14.6. The van der Waals surface area contributed by atoms with Gasteiger partial charge in [0, 0.05) is 0 Å². The lowest BCUT2D eigenvalue weighted by Crippen LogP contribution is -2.42. The summed E-state index contributed by atoms with van der Waals surface area (Å²) < 4.78 is 5.23. The van der Waals surface area contributed by atoms with Gasteiger partial charge in [-0.15, -0.1) is 0 Å². The van der Waals surface area contributed by atoms with E-state index in [1.807, 2.05) is 0 Å². The van der Waals surface area contributed by atoms with E-state index in [-0.39, 0.29) is 11.3 Å². The van der Waals surface area contributed by atoms with E-state index in [4.69, 9.17) is 10.5 Å². The molecule has 4 N–H and O–H groups in total. The van der Waals surface area contributed by atoms with Gasteiger partial charge in [0.15, 0.2) is 6.10 Å². The standard InChI is InChI=1S/C11H11BrN2O5/c1-5(9(16)14-11(13)18)19-10(17)6-2-3-7(12)8(15)4-6/h2-5,15H,1H3,(H3,13,14,16,18)/t5-/m1/s1. The fourth-order valence-electron chi connectivity index (χ4n) is 1.14. The van der Waals surface area contributed by atoms with E-state index in [0.717, 1.165) is 0 Å². The first kappa shape index (κ1) is 15.0. The molecule has 1 atom stereocenters. The molecule has 7 nitrogen and oxygen atoms in total. The third-order valence-electron chi connectivity index (χ3n) is 2.08. The number of ether oxygens (including phenoxy) is 1. The third-order valence-corrected chi connectivity index (χ3v) is 2.75. The molecule has 0 saturated carbocycles. The lowest BCUT2D eigenvalue weighted by Gasteiger charge is -2.12. The van der Waals surface area contributed by atoms with E-state index in [1.165, 1.54) is 25.1 Å². The second kappa shape index (κ2) is 6.19. The van der Waals surface area contributed by atoms with Gasteiger partial charge in [0.2, 0.25) is 0 Å². The molecule has 0 unspecified atom stereocenters. The SMILES string of the molecule is C[C@@H](OC(=O)c1ccc(Br)c(O)c1)C(=O)NC(N)=O. The Kier molecular flexibility index (Phi) is 4.87. The summed E-state index contributed by atoms with van der Waals surface area (Å²) in [5.74, 6) is -1.78. The summed E-state index contributed by atoms with van der Waals surface area (Å²) in [6, 6.07) is 3.02. The van der Waals surface area contributed by atoms with Crippen LogP contribution in [0.4, 0.5) is 4.79 Å². The van der Waals surface area contributed by atoms with Crippen molar-refractivity contribution >= 4 is 33.8 Å². The molecule has 0 saturated heterocycles. The number of nitrogens with two attached hydrogens (primary N) is 1. The highest BCUT2D eigenvalue weighted by molar-refractivity contribution is 9.10. The van der Waals surface area contributed by atoms with Crippen molar-refractivity contribution in [1.29, 1.82) is 0 Å².